The van der Waals surface area contributed by atoms with Gasteiger partial charge in [-0.2, -0.15) is 0 Å². The first-order valence-corrected chi connectivity index (χ1v) is 8.48. The molecule has 1 unspecified atom stereocenters. The fourth-order valence-corrected chi connectivity index (χ4v) is 4.52. The predicted octanol–water partition coefficient (Wildman–Crippen LogP) is 4.18. The van der Waals surface area contributed by atoms with E-state index in [4.69, 9.17) is 4.74 Å². The summed E-state index contributed by atoms with van der Waals surface area (Å²) in [6.45, 7) is 2.06. The molecule has 3 heteroatoms. The number of hydrogen-bond donors (Lipinski definition) is 0. The van der Waals surface area contributed by atoms with Crippen LogP contribution in [0, 0.1) is 0 Å². The highest BCUT2D eigenvalue weighted by molar-refractivity contribution is 7.14. The summed E-state index contributed by atoms with van der Waals surface area (Å²) in [4.78, 5) is 15.0. The van der Waals surface area contributed by atoms with Crippen LogP contribution in [0.2, 0.25) is 0 Å². The third-order valence-corrected chi connectivity index (χ3v) is 5.61. The Bertz CT molecular complexity index is 691. The summed E-state index contributed by atoms with van der Waals surface area (Å²) in [5, 5.41) is 0. The van der Waals surface area contributed by atoms with Crippen molar-refractivity contribution in [2.75, 3.05) is 0 Å². The van der Waals surface area contributed by atoms with Gasteiger partial charge in [0.15, 0.2) is 0 Å². The molecule has 2 nitrogen and oxygen atoms in total. The van der Waals surface area contributed by atoms with Crippen LogP contribution in [0.5, 0.6) is 5.75 Å². The fourth-order valence-electron chi connectivity index (χ4n) is 3.31. The number of carbonyl (C=O) groups is 1. The zero-order chi connectivity index (χ0) is 14.4. The number of thiophene rings is 1. The van der Waals surface area contributed by atoms with Crippen LogP contribution in [-0.4, -0.2) is 11.9 Å². The summed E-state index contributed by atoms with van der Waals surface area (Å²) in [6.07, 6.45) is 5.91. The molecule has 0 spiro atoms. The van der Waals surface area contributed by atoms with Gasteiger partial charge in [0.25, 0.3) is 0 Å². The second-order valence-electron chi connectivity index (χ2n) is 6.05. The van der Waals surface area contributed by atoms with Gasteiger partial charge >= 0.3 is 0 Å². The smallest absolute Gasteiger partial charge is 0.202 e. The van der Waals surface area contributed by atoms with E-state index < -0.39 is 0 Å². The summed E-state index contributed by atoms with van der Waals surface area (Å²) in [5.74, 6) is 1.10. The van der Waals surface area contributed by atoms with Crippen molar-refractivity contribution in [2.45, 2.75) is 45.1 Å². The molecule has 0 bridgehead atoms. The highest BCUT2D eigenvalue weighted by atomic mass is 32.1. The van der Waals surface area contributed by atoms with Crippen LogP contribution in [-0.2, 0) is 19.3 Å². The lowest BCUT2D eigenvalue weighted by Crippen LogP contribution is -2.05. The van der Waals surface area contributed by atoms with Crippen molar-refractivity contribution in [3.8, 4) is 5.75 Å². The Hall–Kier alpha value is -1.61. The molecule has 0 fully saturated rings. The molecule has 2 aliphatic rings. The lowest BCUT2D eigenvalue weighted by molar-refractivity contribution is 0.104. The van der Waals surface area contributed by atoms with Gasteiger partial charge in [-0.25, -0.2) is 0 Å². The average molecular weight is 298 g/mol. The first kappa shape index (κ1) is 13.1. The van der Waals surface area contributed by atoms with E-state index in [1.165, 1.54) is 23.3 Å². The number of benzene rings is 1. The number of carbonyl (C=O) groups excluding carboxylic acids is 1. The molecule has 4 rings (SSSR count). The summed E-state index contributed by atoms with van der Waals surface area (Å²) < 4.78 is 5.70. The van der Waals surface area contributed by atoms with Gasteiger partial charge in [-0.3, -0.25) is 4.79 Å². The SMILES string of the molecule is CC1Cc2cc(C(=O)c3cc4c(s3)CCCC4)ccc2O1. The van der Waals surface area contributed by atoms with E-state index in [-0.39, 0.29) is 11.9 Å². The topological polar surface area (TPSA) is 26.3 Å². The van der Waals surface area contributed by atoms with Crippen molar-refractivity contribution in [3.63, 3.8) is 0 Å². The van der Waals surface area contributed by atoms with Gasteiger partial charge in [-0.05, 0) is 68.0 Å². The third-order valence-electron chi connectivity index (χ3n) is 4.38. The van der Waals surface area contributed by atoms with Gasteiger partial charge in [-0.1, -0.05) is 0 Å². The monoisotopic (exact) mass is 298 g/mol. The molecule has 0 N–H and O–H groups in total. The Balaban J connectivity index is 1.66. The molecule has 0 amide bonds. The maximum atomic E-state index is 12.7. The second kappa shape index (κ2) is 4.99. The molecule has 2 heterocycles. The average Bonchev–Trinajstić information content (AvgIpc) is 3.07. The number of aryl methyl sites for hydroxylation is 2. The molecule has 1 atom stereocenters. The van der Waals surface area contributed by atoms with Crippen LogP contribution < -0.4 is 4.74 Å². The van der Waals surface area contributed by atoms with E-state index in [0.29, 0.717) is 0 Å². The van der Waals surface area contributed by atoms with Gasteiger partial charge in [-0.15, -0.1) is 11.3 Å². The van der Waals surface area contributed by atoms with Crippen LogP contribution in [0.4, 0.5) is 0 Å². The Morgan fingerprint density at radius 2 is 2.05 bits per heavy atom. The molecule has 0 radical (unpaired) electrons. The Morgan fingerprint density at radius 1 is 1.19 bits per heavy atom. The minimum atomic E-state index is 0.164. The van der Waals surface area contributed by atoms with Crippen LogP contribution >= 0.6 is 11.3 Å². The molecular weight excluding hydrogens is 280 g/mol. The fraction of sp³-hybridized carbons (Fsp3) is 0.389. The first-order chi connectivity index (χ1) is 10.2. The molecule has 0 saturated carbocycles. The molecule has 2 aromatic rings. The van der Waals surface area contributed by atoms with E-state index in [1.807, 2.05) is 18.2 Å². The van der Waals surface area contributed by atoms with Crippen LogP contribution in [0.1, 0.15) is 51.0 Å². The van der Waals surface area contributed by atoms with Crippen molar-refractivity contribution in [3.05, 3.63) is 50.7 Å². The Kier molecular flexibility index (Phi) is 3.11. The Morgan fingerprint density at radius 3 is 2.90 bits per heavy atom. The summed E-state index contributed by atoms with van der Waals surface area (Å²) in [7, 11) is 0. The highest BCUT2D eigenvalue weighted by Crippen LogP contribution is 2.33. The largest absolute Gasteiger partial charge is 0.490 e. The zero-order valence-electron chi connectivity index (χ0n) is 12.1. The minimum absolute atomic E-state index is 0.164. The van der Waals surface area contributed by atoms with Gasteiger partial charge in [0.2, 0.25) is 5.78 Å². The van der Waals surface area contributed by atoms with Crippen LogP contribution in [0.15, 0.2) is 24.3 Å². The van der Waals surface area contributed by atoms with Gasteiger partial charge < -0.3 is 4.74 Å². The molecule has 108 valence electrons. The zero-order valence-corrected chi connectivity index (χ0v) is 13.0. The normalized spacial score (nSPS) is 19.8. The first-order valence-electron chi connectivity index (χ1n) is 7.66. The number of rotatable bonds is 2. The minimum Gasteiger partial charge on any atom is -0.490 e. The van der Waals surface area contributed by atoms with Crippen molar-refractivity contribution >= 4 is 17.1 Å². The number of ether oxygens (including phenoxy) is 1. The summed E-state index contributed by atoms with van der Waals surface area (Å²) >= 11 is 1.69. The van der Waals surface area contributed by atoms with Gasteiger partial charge in [0.05, 0.1) is 4.88 Å². The number of hydrogen-bond acceptors (Lipinski definition) is 3. The van der Waals surface area contributed by atoms with Crippen molar-refractivity contribution in [2.24, 2.45) is 0 Å². The Labute approximate surface area is 128 Å². The lowest BCUT2D eigenvalue weighted by atomic mass is 9.98. The van der Waals surface area contributed by atoms with E-state index in [2.05, 4.69) is 13.0 Å². The summed E-state index contributed by atoms with van der Waals surface area (Å²) in [6, 6.07) is 7.98. The number of fused-ring (bicyclic) bond motifs is 2. The van der Waals surface area contributed by atoms with Crippen molar-refractivity contribution in [1.29, 1.82) is 0 Å². The maximum Gasteiger partial charge on any atom is 0.202 e. The highest BCUT2D eigenvalue weighted by Gasteiger charge is 2.22. The van der Waals surface area contributed by atoms with E-state index in [0.717, 1.165) is 41.0 Å². The summed E-state index contributed by atoms with van der Waals surface area (Å²) in [5.41, 5.74) is 3.35. The van der Waals surface area contributed by atoms with Gasteiger partial charge in [0.1, 0.15) is 11.9 Å². The molecule has 21 heavy (non-hydrogen) atoms. The van der Waals surface area contributed by atoms with Crippen LogP contribution in [0.3, 0.4) is 0 Å². The molecule has 1 aliphatic carbocycles. The van der Waals surface area contributed by atoms with Gasteiger partial charge in [0, 0.05) is 16.9 Å². The van der Waals surface area contributed by atoms with E-state index in [9.17, 15) is 4.79 Å². The molecule has 1 aromatic carbocycles. The van der Waals surface area contributed by atoms with Crippen molar-refractivity contribution in [1.82, 2.24) is 0 Å². The second-order valence-corrected chi connectivity index (χ2v) is 7.19. The quantitative estimate of drug-likeness (QED) is 0.777. The van der Waals surface area contributed by atoms with E-state index in [1.54, 1.807) is 11.3 Å². The van der Waals surface area contributed by atoms with E-state index >= 15 is 0 Å². The molecule has 1 aromatic heterocycles. The van der Waals surface area contributed by atoms with Crippen molar-refractivity contribution < 1.29 is 9.53 Å². The van der Waals surface area contributed by atoms with Crippen LogP contribution in [0.25, 0.3) is 0 Å². The standard InChI is InChI=1S/C18H18O2S/c1-11-8-14-9-13(6-7-15(14)20-11)18(19)17-10-12-4-2-3-5-16(12)21-17/h6-7,9-11H,2-5,8H2,1H3. The molecule has 0 saturated heterocycles. The number of ketones is 1. The third kappa shape index (κ3) is 2.30. The predicted molar refractivity (Wildman–Crippen MR) is 84.6 cm³/mol. The molecular formula is C18H18O2S. The lowest BCUT2D eigenvalue weighted by Gasteiger charge is -2.08. The molecule has 1 aliphatic heterocycles. The maximum absolute atomic E-state index is 12.7.